The molecule has 0 saturated heterocycles. The molecular weight excluding hydrogens is 240 g/mol. The number of thiazole rings is 1. The minimum absolute atomic E-state index is 0.390. The monoisotopic (exact) mass is 254 g/mol. The van der Waals surface area contributed by atoms with Gasteiger partial charge in [-0.15, -0.1) is 11.3 Å². The van der Waals surface area contributed by atoms with Crippen molar-refractivity contribution in [3.05, 3.63) is 28.2 Å². The van der Waals surface area contributed by atoms with Crippen LogP contribution < -0.4 is 5.73 Å². The summed E-state index contributed by atoms with van der Waals surface area (Å²) in [6, 6.07) is 5.85. The fourth-order valence-corrected chi connectivity index (χ4v) is 3.05. The van der Waals surface area contributed by atoms with E-state index in [9.17, 15) is 0 Å². The fourth-order valence-electron chi connectivity index (χ4n) is 1.78. The third-order valence-electron chi connectivity index (χ3n) is 2.64. The quantitative estimate of drug-likeness (QED) is 0.902. The van der Waals surface area contributed by atoms with E-state index in [4.69, 9.17) is 17.3 Å². The maximum absolute atomic E-state index is 5.94. The second-order valence-electron chi connectivity index (χ2n) is 3.89. The Balaban J connectivity index is 2.37. The maximum atomic E-state index is 5.94. The molecule has 86 valence electrons. The van der Waals surface area contributed by atoms with Crippen LogP contribution in [-0.2, 0) is 0 Å². The molecule has 1 heterocycles. The van der Waals surface area contributed by atoms with Crippen molar-refractivity contribution in [3.8, 4) is 0 Å². The first kappa shape index (κ1) is 11.8. The average molecular weight is 255 g/mol. The standard InChI is InChI=1S/C12H15ClN2S/c1-2-3-8(7-14)12-15-10-6-9(13)4-5-11(10)16-12/h4-6,8H,2-3,7,14H2,1H3. The molecular formula is C12H15ClN2S. The lowest BCUT2D eigenvalue weighted by Crippen LogP contribution is -2.11. The molecule has 2 N–H and O–H groups in total. The molecule has 0 aliphatic heterocycles. The molecule has 1 unspecified atom stereocenters. The predicted molar refractivity (Wildman–Crippen MR) is 71.3 cm³/mol. The van der Waals surface area contributed by atoms with Gasteiger partial charge in [0.15, 0.2) is 0 Å². The molecule has 0 spiro atoms. The number of fused-ring (bicyclic) bond motifs is 1. The molecule has 0 saturated carbocycles. The lowest BCUT2D eigenvalue weighted by Gasteiger charge is -2.08. The van der Waals surface area contributed by atoms with Gasteiger partial charge in [-0.25, -0.2) is 4.98 Å². The van der Waals surface area contributed by atoms with E-state index in [-0.39, 0.29) is 0 Å². The molecule has 4 heteroatoms. The van der Waals surface area contributed by atoms with Crippen molar-refractivity contribution in [1.29, 1.82) is 0 Å². The van der Waals surface area contributed by atoms with Crippen LogP contribution in [0.5, 0.6) is 0 Å². The number of hydrogen-bond acceptors (Lipinski definition) is 3. The van der Waals surface area contributed by atoms with Gasteiger partial charge in [0.05, 0.1) is 15.2 Å². The van der Waals surface area contributed by atoms with Gasteiger partial charge >= 0.3 is 0 Å². The number of hydrogen-bond donors (Lipinski definition) is 1. The van der Waals surface area contributed by atoms with Crippen molar-refractivity contribution < 1.29 is 0 Å². The van der Waals surface area contributed by atoms with Gasteiger partial charge in [0.25, 0.3) is 0 Å². The third kappa shape index (κ3) is 2.37. The Kier molecular flexibility index (Phi) is 3.79. The summed E-state index contributed by atoms with van der Waals surface area (Å²) in [6.07, 6.45) is 2.24. The molecule has 2 rings (SSSR count). The first-order valence-electron chi connectivity index (χ1n) is 5.50. The molecule has 0 radical (unpaired) electrons. The Bertz CT molecular complexity index is 481. The van der Waals surface area contributed by atoms with Gasteiger partial charge in [0.2, 0.25) is 0 Å². The molecule has 2 aromatic rings. The highest BCUT2D eigenvalue weighted by molar-refractivity contribution is 7.18. The molecule has 1 atom stereocenters. The Morgan fingerprint density at radius 3 is 3.00 bits per heavy atom. The average Bonchev–Trinajstić information content (AvgIpc) is 2.68. The zero-order valence-electron chi connectivity index (χ0n) is 9.24. The van der Waals surface area contributed by atoms with Crippen LogP contribution in [0.1, 0.15) is 30.7 Å². The number of rotatable bonds is 4. The normalized spacial score (nSPS) is 13.2. The Hall–Kier alpha value is -0.640. The number of halogens is 1. The molecule has 0 aliphatic rings. The fraction of sp³-hybridized carbons (Fsp3) is 0.417. The third-order valence-corrected chi connectivity index (χ3v) is 4.07. The van der Waals surface area contributed by atoms with Crippen LogP contribution in [0.2, 0.25) is 5.02 Å². The van der Waals surface area contributed by atoms with Crippen molar-refractivity contribution >= 4 is 33.2 Å². The summed E-state index contributed by atoms with van der Waals surface area (Å²) in [5, 5.41) is 1.88. The van der Waals surface area contributed by atoms with Gasteiger partial charge in [-0.2, -0.15) is 0 Å². The molecule has 2 nitrogen and oxygen atoms in total. The lowest BCUT2D eigenvalue weighted by atomic mass is 10.1. The van der Waals surface area contributed by atoms with Crippen molar-refractivity contribution in [2.75, 3.05) is 6.54 Å². The number of nitrogens with zero attached hydrogens (tertiary/aromatic N) is 1. The summed E-state index contributed by atoms with van der Waals surface area (Å²) < 4.78 is 1.19. The van der Waals surface area contributed by atoms with Crippen LogP contribution in [0.3, 0.4) is 0 Å². The minimum Gasteiger partial charge on any atom is -0.330 e. The van der Waals surface area contributed by atoms with Crippen molar-refractivity contribution in [1.82, 2.24) is 4.98 Å². The predicted octanol–water partition coefficient (Wildman–Crippen LogP) is 3.79. The second-order valence-corrected chi connectivity index (χ2v) is 5.38. The minimum atomic E-state index is 0.390. The van der Waals surface area contributed by atoms with Crippen LogP contribution in [0.15, 0.2) is 18.2 Å². The van der Waals surface area contributed by atoms with Crippen LogP contribution in [0, 0.1) is 0 Å². The number of benzene rings is 1. The summed E-state index contributed by atoms with van der Waals surface area (Å²) in [5.74, 6) is 0.390. The summed E-state index contributed by atoms with van der Waals surface area (Å²) in [5.41, 5.74) is 6.77. The van der Waals surface area contributed by atoms with Crippen molar-refractivity contribution in [3.63, 3.8) is 0 Å². The van der Waals surface area contributed by atoms with E-state index in [0.717, 1.165) is 28.4 Å². The van der Waals surface area contributed by atoms with Crippen molar-refractivity contribution in [2.24, 2.45) is 5.73 Å². The molecule has 0 fully saturated rings. The first-order chi connectivity index (χ1) is 7.74. The Morgan fingerprint density at radius 1 is 1.50 bits per heavy atom. The van der Waals surface area contributed by atoms with E-state index < -0.39 is 0 Å². The highest BCUT2D eigenvalue weighted by Crippen LogP contribution is 2.30. The largest absolute Gasteiger partial charge is 0.330 e. The van der Waals surface area contributed by atoms with Gasteiger partial charge in [-0.05, 0) is 24.6 Å². The SMILES string of the molecule is CCCC(CN)c1nc2cc(Cl)ccc2s1. The van der Waals surface area contributed by atoms with Gasteiger partial charge < -0.3 is 5.73 Å². The smallest absolute Gasteiger partial charge is 0.0982 e. The van der Waals surface area contributed by atoms with Gasteiger partial charge in [0, 0.05) is 17.5 Å². The van der Waals surface area contributed by atoms with E-state index in [2.05, 4.69) is 11.9 Å². The van der Waals surface area contributed by atoms with Gasteiger partial charge in [0.1, 0.15) is 0 Å². The van der Waals surface area contributed by atoms with Gasteiger partial charge in [-0.1, -0.05) is 24.9 Å². The zero-order valence-corrected chi connectivity index (χ0v) is 10.8. The van der Waals surface area contributed by atoms with Crippen LogP contribution >= 0.6 is 22.9 Å². The summed E-state index contributed by atoms with van der Waals surface area (Å²) in [6.45, 7) is 2.84. The summed E-state index contributed by atoms with van der Waals surface area (Å²) >= 11 is 7.67. The highest BCUT2D eigenvalue weighted by atomic mass is 35.5. The lowest BCUT2D eigenvalue weighted by molar-refractivity contribution is 0.620. The molecule has 0 aliphatic carbocycles. The van der Waals surface area contributed by atoms with E-state index in [0.29, 0.717) is 12.5 Å². The van der Waals surface area contributed by atoms with Gasteiger partial charge in [-0.3, -0.25) is 0 Å². The molecule has 16 heavy (non-hydrogen) atoms. The van der Waals surface area contributed by atoms with Crippen LogP contribution in [0.25, 0.3) is 10.2 Å². The Morgan fingerprint density at radius 2 is 2.31 bits per heavy atom. The molecule has 0 bridgehead atoms. The van der Waals surface area contributed by atoms with E-state index >= 15 is 0 Å². The highest BCUT2D eigenvalue weighted by Gasteiger charge is 2.13. The van der Waals surface area contributed by atoms with E-state index in [1.54, 1.807) is 11.3 Å². The first-order valence-corrected chi connectivity index (χ1v) is 6.70. The summed E-state index contributed by atoms with van der Waals surface area (Å²) in [4.78, 5) is 4.62. The molecule has 1 aromatic heterocycles. The van der Waals surface area contributed by atoms with E-state index in [1.165, 1.54) is 4.70 Å². The molecule has 1 aromatic carbocycles. The maximum Gasteiger partial charge on any atom is 0.0982 e. The summed E-state index contributed by atoms with van der Waals surface area (Å²) in [7, 11) is 0. The van der Waals surface area contributed by atoms with E-state index in [1.807, 2.05) is 18.2 Å². The van der Waals surface area contributed by atoms with Crippen molar-refractivity contribution in [2.45, 2.75) is 25.7 Å². The number of aromatic nitrogens is 1. The molecule has 0 amide bonds. The Labute approximate surface area is 104 Å². The second kappa shape index (κ2) is 5.13. The van der Waals surface area contributed by atoms with Crippen LogP contribution in [0.4, 0.5) is 0 Å². The number of nitrogens with two attached hydrogens (primary N) is 1. The zero-order chi connectivity index (χ0) is 11.5. The van der Waals surface area contributed by atoms with Crippen LogP contribution in [-0.4, -0.2) is 11.5 Å². The topological polar surface area (TPSA) is 38.9 Å².